The maximum absolute atomic E-state index is 12.5. The molecule has 1 aliphatic rings. The van der Waals surface area contributed by atoms with Gasteiger partial charge in [0.05, 0.1) is 15.6 Å². The van der Waals surface area contributed by atoms with Crippen LogP contribution in [-0.4, -0.2) is 36.9 Å². The zero-order chi connectivity index (χ0) is 22.5. The molecule has 3 rings (SSSR count). The van der Waals surface area contributed by atoms with Gasteiger partial charge in [0.1, 0.15) is 6.04 Å². The van der Waals surface area contributed by atoms with Gasteiger partial charge in [0, 0.05) is 30.4 Å². The van der Waals surface area contributed by atoms with Crippen molar-refractivity contribution in [2.24, 2.45) is 11.7 Å². The molecule has 0 aliphatic carbocycles. The number of amides is 3. The van der Waals surface area contributed by atoms with E-state index < -0.39 is 11.9 Å². The van der Waals surface area contributed by atoms with Crippen LogP contribution >= 0.6 is 23.2 Å². The summed E-state index contributed by atoms with van der Waals surface area (Å²) in [6.07, 6.45) is 1.48. The van der Waals surface area contributed by atoms with Crippen LogP contribution in [0.4, 0.5) is 11.4 Å². The second kappa shape index (κ2) is 10.0. The maximum atomic E-state index is 12.5. The summed E-state index contributed by atoms with van der Waals surface area (Å²) in [6.45, 7) is 3.10. The largest absolute Gasteiger partial charge is 0.371 e. The normalized spacial score (nSPS) is 15.3. The van der Waals surface area contributed by atoms with E-state index in [4.69, 9.17) is 28.9 Å². The van der Waals surface area contributed by atoms with E-state index in [0.717, 1.165) is 31.6 Å². The van der Waals surface area contributed by atoms with E-state index in [1.807, 2.05) is 12.1 Å². The molecule has 1 saturated heterocycles. The average molecular weight is 463 g/mol. The lowest BCUT2D eigenvalue weighted by Gasteiger charge is -2.32. The molecule has 1 unspecified atom stereocenters. The maximum Gasteiger partial charge on any atom is 0.253 e. The minimum atomic E-state index is -0.782. The topological polar surface area (TPSA) is 105 Å². The van der Waals surface area contributed by atoms with Gasteiger partial charge in [-0.3, -0.25) is 14.4 Å². The lowest BCUT2D eigenvalue weighted by atomic mass is 9.96. The van der Waals surface area contributed by atoms with Gasteiger partial charge in [-0.15, -0.1) is 0 Å². The van der Waals surface area contributed by atoms with Crippen molar-refractivity contribution in [3.05, 3.63) is 58.1 Å². The number of hydrogen-bond donors (Lipinski definition) is 3. The van der Waals surface area contributed by atoms with Crippen molar-refractivity contribution in [3.8, 4) is 0 Å². The van der Waals surface area contributed by atoms with Crippen molar-refractivity contribution in [1.29, 1.82) is 0 Å². The molecule has 7 nitrogen and oxygen atoms in total. The Morgan fingerprint density at radius 2 is 1.71 bits per heavy atom. The number of nitrogens with one attached hydrogen (secondary N) is 2. The quantitative estimate of drug-likeness (QED) is 0.611. The summed E-state index contributed by atoms with van der Waals surface area (Å²) in [5.41, 5.74) is 7.21. The number of anilines is 2. The first kappa shape index (κ1) is 22.9. The Morgan fingerprint density at radius 1 is 1.06 bits per heavy atom. The molecule has 0 spiro atoms. The van der Waals surface area contributed by atoms with Crippen molar-refractivity contribution in [3.63, 3.8) is 0 Å². The molecule has 0 aromatic heterocycles. The fourth-order valence-electron chi connectivity index (χ4n) is 3.45. The highest BCUT2D eigenvalue weighted by Gasteiger charge is 2.23. The molecule has 0 radical (unpaired) electrons. The molecule has 164 valence electrons. The molecule has 31 heavy (non-hydrogen) atoms. The molecule has 0 bridgehead atoms. The summed E-state index contributed by atoms with van der Waals surface area (Å²) in [4.78, 5) is 38.4. The Morgan fingerprint density at radius 3 is 2.32 bits per heavy atom. The molecule has 9 heteroatoms. The van der Waals surface area contributed by atoms with Crippen LogP contribution in [0.2, 0.25) is 10.0 Å². The fraction of sp³-hybridized carbons (Fsp3) is 0.318. The first-order valence-corrected chi connectivity index (χ1v) is 10.7. The Hall–Kier alpha value is -2.77. The number of hydrogen-bond acceptors (Lipinski definition) is 4. The first-order valence-electron chi connectivity index (χ1n) is 9.96. The highest BCUT2D eigenvalue weighted by atomic mass is 35.5. The van der Waals surface area contributed by atoms with Crippen molar-refractivity contribution in [2.45, 2.75) is 25.8 Å². The Bertz CT molecular complexity index is 973. The van der Waals surface area contributed by atoms with E-state index in [1.165, 1.54) is 0 Å². The second-order valence-corrected chi connectivity index (χ2v) is 8.28. The average Bonchev–Trinajstić information content (AvgIpc) is 2.76. The van der Waals surface area contributed by atoms with E-state index in [-0.39, 0.29) is 33.3 Å². The zero-order valence-electron chi connectivity index (χ0n) is 17.0. The van der Waals surface area contributed by atoms with E-state index in [9.17, 15) is 14.4 Å². The van der Waals surface area contributed by atoms with Crippen molar-refractivity contribution >= 4 is 52.3 Å². The number of halogens is 2. The summed E-state index contributed by atoms with van der Waals surface area (Å²) in [5.74, 6) is -1.14. The van der Waals surface area contributed by atoms with Gasteiger partial charge in [0.15, 0.2) is 0 Å². The van der Waals surface area contributed by atoms with E-state index in [1.54, 1.807) is 37.3 Å². The number of nitrogens with zero attached hydrogens (tertiary/aromatic N) is 1. The summed E-state index contributed by atoms with van der Waals surface area (Å²) >= 11 is 12.0. The van der Waals surface area contributed by atoms with Gasteiger partial charge in [-0.1, -0.05) is 29.3 Å². The molecule has 1 atom stereocenters. The SMILES string of the molecule is CC(NC(=O)c1cccc(Cl)c1Cl)C(=O)Nc1ccc(N2CCC(C(N)=O)CC2)cc1. The highest BCUT2D eigenvalue weighted by Crippen LogP contribution is 2.26. The van der Waals surface area contributed by atoms with Gasteiger partial charge in [0.25, 0.3) is 5.91 Å². The van der Waals surface area contributed by atoms with Crippen LogP contribution < -0.4 is 21.3 Å². The predicted octanol–water partition coefficient (Wildman–Crippen LogP) is 3.45. The third kappa shape index (κ3) is 5.68. The summed E-state index contributed by atoms with van der Waals surface area (Å²) in [6, 6.07) is 11.4. The number of nitrogens with two attached hydrogens (primary N) is 1. The van der Waals surface area contributed by atoms with E-state index in [0.29, 0.717) is 5.69 Å². The molecule has 2 aromatic rings. The van der Waals surface area contributed by atoms with Crippen LogP contribution in [0.15, 0.2) is 42.5 Å². The van der Waals surface area contributed by atoms with Gasteiger partial charge in [-0.2, -0.15) is 0 Å². The first-order chi connectivity index (χ1) is 14.8. The molecule has 1 heterocycles. The molecular formula is C22H24Cl2N4O3. The second-order valence-electron chi connectivity index (χ2n) is 7.50. The zero-order valence-corrected chi connectivity index (χ0v) is 18.5. The third-order valence-corrected chi connectivity index (χ3v) is 6.15. The predicted molar refractivity (Wildman–Crippen MR) is 123 cm³/mol. The molecule has 3 amide bonds. The fourth-order valence-corrected chi connectivity index (χ4v) is 3.83. The number of rotatable bonds is 6. The van der Waals surface area contributed by atoms with Crippen LogP contribution in [0, 0.1) is 5.92 Å². The lowest BCUT2D eigenvalue weighted by Crippen LogP contribution is -2.41. The van der Waals surface area contributed by atoms with Crippen LogP contribution in [0.1, 0.15) is 30.1 Å². The number of benzene rings is 2. The molecule has 2 aromatic carbocycles. The minimum absolute atomic E-state index is 0.0618. The van der Waals surface area contributed by atoms with Crippen molar-refractivity contribution in [2.75, 3.05) is 23.3 Å². The van der Waals surface area contributed by atoms with Crippen LogP contribution in [0.3, 0.4) is 0 Å². The summed E-state index contributed by atoms with van der Waals surface area (Å²) in [5, 5.41) is 5.82. The molecule has 1 fully saturated rings. The minimum Gasteiger partial charge on any atom is -0.371 e. The van der Waals surface area contributed by atoms with Crippen molar-refractivity contribution in [1.82, 2.24) is 5.32 Å². The van der Waals surface area contributed by atoms with Crippen LogP contribution in [0.5, 0.6) is 0 Å². The summed E-state index contributed by atoms with van der Waals surface area (Å²) in [7, 11) is 0. The highest BCUT2D eigenvalue weighted by molar-refractivity contribution is 6.43. The van der Waals surface area contributed by atoms with E-state index in [2.05, 4.69) is 15.5 Å². The van der Waals surface area contributed by atoms with Gasteiger partial charge >= 0.3 is 0 Å². The number of carbonyl (C=O) groups excluding carboxylic acids is 3. The van der Waals surface area contributed by atoms with Gasteiger partial charge < -0.3 is 21.3 Å². The number of primary amides is 1. The summed E-state index contributed by atoms with van der Waals surface area (Å²) < 4.78 is 0. The molecule has 4 N–H and O–H groups in total. The number of carbonyl (C=O) groups is 3. The molecule has 0 saturated carbocycles. The Labute approximate surface area is 190 Å². The Kier molecular flexibility index (Phi) is 7.41. The van der Waals surface area contributed by atoms with Gasteiger partial charge in [-0.25, -0.2) is 0 Å². The van der Waals surface area contributed by atoms with Crippen molar-refractivity contribution < 1.29 is 14.4 Å². The molecular weight excluding hydrogens is 439 g/mol. The van der Waals surface area contributed by atoms with Crippen LogP contribution in [-0.2, 0) is 9.59 Å². The van der Waals surface area contributed by atoms with Gasteiger partial charge in [-0.05, 0) is 56.2 Å². The lowest BCUT2D eigenvalue weighted by molar-refractivity contribution is -0.122. The standard InChI is InChI=1S/C22H24Cl2N4O3/c1-13(26-22(31)17-3-2-4-18(23)19(17)24)21(30)27-15-5-7-16(8-6-15)28-11-9-14(10-12-28)20(25)29/h2-8,13-14H,9-12H2,1H3,(H2,25,29)(H,26,31)(H,27,30). The number of piperidine rings is 1. The monoisotopic (exact) mass is 462 g/mol. The smallest absolute Gasteiger partial charge is 0.253 e. The van der Waals surface area contributed by atoms with E-state index >= 15 is 0 Å². The third-order valence-electron chi connectivity index (χ3n) is 5.33. The Balaban J connectivity index is 1.55. The van der Waals surface area contributed by atoms with Crippen LogP contribution in [0.25, 0.3) is 0 Å². The molecule has 1 aliphatic heterocycles. The van der Waals surface area contributed by atoms with Gasteiger partial charge in [0.2, 0.25) is 11.8 Å².